The van der Waals surface area contributed by atoms with E-state index in [0.29, 0.717) is 35.3 Å². The van der Waals surface area contributed by atoms with Gasteiger partial charge in [-0.3, -0.25) is 0 Å². The largest absolute Gasteiger partial charge is 0.394 e. The Balaban J connectivity index is 0.000000165. The van der Waals surface area contributed by atoms with Gasteiger partial charge in [-0.05, 0) is 147 Å². The van der Waals surface area contributed by atoms with Gasteiger partial charge in [-0.2, -0.15) is 0 Å². The normalized spacial score (nSPS) is 38.6. The Kier molecular flexibility index (Phi) is 20.4. The molecule has 4 aromatic carbocycles. The van der Waals surface area contributed by atoms with Gasteiger partial charge in [0.15, 0.2) is 88.6 Å². The number of aliphatic hydroxyl groups is 12. The first-order valence-corrected chi connectivity index (χ1v) is 47.4. The molecule has 144 heavy (non-hydrogen) atoms. The molecule has 0 bridgehead atoms. The summed E-state index contributed by atoms with van der Waals surface area (Å²) in [5.41, 5.74) is -15.3. The van der Waals surface area contributed by atoms with E-state index in [1.807, 2.05) is 0 Å². The van der Waals surface area contributed by atoms with Crippen LogP contribution < -0.4 is 21.3 Å². The van der Waals surface area contributed by atoms with Crippen LogP contribution in [-0.4, -0.2) is 334 Å². The van der Waals surface area contributed by atoms with E-state index in [0.717, 1.165) is 53.3 Å². The average Bonchev–Trinajstić information content (AvgIpc) is 1.48. The number of hydrogen-bond acceptors (Lipinski definition) is 40. The molecule has 0 spiro atoms. The molecular weight excluding hydrogens is 1950 g/mol. The first-order valence-electron chi connectivity index (χ1n) is 67.1. The molecule has 0 aliphatic heterocycles. The number of nitrogens with one attached hydrogen (secondary N) is 4. The number of benzene rings is 4. The highest BCUT2D eigenvalue weighted by Crippen LogP contribution is 2.50. The summed E-state index contributed by atoms with van der Waals surface area (Å²) < 4.78 is 465. The van der Waals surface area contributed by atoms with Crippen LogP contribution in [-0.2, 0) is 18.9 Å². The van der Waals surface area contributed by atoms with Crippen molar-refractivity contribution in [1.29, 1.82) is 0 Å². The van der Waals surface area contributed by atoms with Crippen molar-refractivity contribution in [2.45, 2.75) is 298 Å². The van der Waals surface area contributed by atoms with Crippen molar-refractivity contribution in [1.82, 2.24) is 99.8 Å². The third-order valence-electron chi connectivity index (χ3n) is 22.9. The number of aliphatic hydroxyl groups excluding tert-OH is 10. The highest BCUT2D eigenvalue weighted by atomic mass is 32.2. The van der Waals surface area contributed by atoms with E-state index in [1.165, 1.54) is 6.92 Å². The molecule has 0 unspecified atom stereocenters. The van der Waals surface area contributed by atoms with Gasteiger partial charge >= 0.3 is 0 Å². The number of fused-ring (bicyclic) bond motifs is 4. The molecule has 24 atom stereocenters. The lowest BCUT2D eigenvalue weighted by Crippen LogP contribution is -2.33. The van der Waals surface area contributed by atoms with Crippen molar-refractivity contribution in [2.75, 3.05) is 96.8 Å². The monoisotopic (exact) mass is 2120 g/mol. The standard InChI is InChI=1S/4C24H31FN6O4S/c4*1-3-8-36-24-27-22(26-16-10-14(16)13-5-4-12(2)15(25)9-13)19-23(28-24)31(30-29-19)17-11-18(35-7-6-32)21(34)20(17)33/h4*4-5,9,14,16-18,20-21,32-34H,3,6-8,10-11H2,1-2H3,(H,26,27,28)/t4*14-,16+,17+,18-,20-,21+/m0000/s1/i4D,5D,6D2,7D2,8D2,9D,10D2,14D,16D;4D,5D,7D2,8D2,9D,10D2,14D,16D;4D,5D,6D2,8D2,9D,10D2,14D,16D;3D2,4D,5D,8D2,9D,10D2,14D,16D. The molecule has 8 aliphatic carbocycles. The number of ether oxygens (including phenoxy) is 4. The molecule has 8 aromatic heterocycles. The molecule has 20 rings (SSSR count). The van der Waals surface area contributed by atoms with E-state index in [1.54, 1.807) is 13.8 Å². The van der Waals surface area contributed by atoms with E-state index < -0.39 is 392 Å². The number of thioether (sulfide) groups is 4. The van der Waals surface area contributed by atoms with Gasteiger partial charge in [-0.25, -0.2) is 76.2 Å². The van der Waals surface area contributed by atoms with Crippen molar-refractivity contribution in [2.24, 2.45) is 0 Å². The molecule has 16 N–H and O–H groups in total. The molecule has 0 amide bonds. The Morgan fingerprint density at radius 3 is 0.896 bits per heavy atom. The summed E-state index contributed by atoms with van der Waals surface area (Å²) in [4.78, 5) is 34.0. The van der Waals surface area contributed by atoms with Gasteiger partial charge in [0.25, 0.3) is 0 Å². The van der Waals surface area contributed by atoms with Crippen LogP contribution in [0.3, 0.4) is 0 Å². The lowest BCUT2D eigenvalue weighted by molar-refractivity contribution is -0.0629. The first-order chi connectivity index (χ1) is 87.0. The van der Waals surface area contributed by atoms with Crippen molar-refractivity contribution >= 4 is 115 Å². The maximum atomic E-state index is 14.9. The lowest BCUT2D eigenvalue weighted by Gasteiger charge is -2.17. The quantitative estimate of drug-likeness (QED) is 0.00969. The molecular formula is C96H124F4N24O16S4. The average molecular weight is 2120 g/mol. The highest BCUT2D eigenvalue weighted by molar-refractivity contribution is 7.99. The molecule has 12 aromatic rings. The van der Waals surface area contributed by atoms with Crippen molar-refractivity contribution in [3.05, 3.63) is 140 Å². The number of halogens is 4. The topological polar surface area (TPSA) is 554 Å². The van der Waals surface area contributed by atoms with Gasteiger partial charge in [-0.1, -0.05) is 144 Å². The molecule has 8 aliphatic rings. The minimum Gasteiger partial charge on any atom is -0.394 e. The fourth-order valence-corrected chi connectivity index (χ4v) is 17.5. The van der Waals surface area contributed by atoms with Crippen LogP contribution in [0.5, 0.6) is 0 Å². The van der Waals surface area contributed by atoms with Gasteiger partial charge in [0.05, 0.1) is 134 Å². The second kappa shape index (κ2) is 47.3. The fraction of sp³-hybridized carbons (Fsp3) is 0.583. The number of aromatic nitrogens is 20. The maximum absolute atomic E-state index is 14.9. The number of rotatable bonds is 40. The lowest BCUT2D eigenvalue weighted by atomic mass is 10.1. The van der Waals surface area contributed by atoms with Gasteiger partial charge in [0.2, 0.25) is 0 Å². The Hall–Kier alpha value is -9.52. The van der Waals surface area contributed by atoms with E-state index in [-0.39, 0.29) is 146 Å². The predicted octanol–water partition coefficient (Wildman–Crippen LogP) is 8.73. The van der Waals surface area contributed by atoms with Crippen molar-refractivity contribution in [3.63, 3.8) is 0 Å². The zero-order chi connectivity index (χ0) is 143. The van der Waals surface area contributed by atoms with Gasteiger partial charge in [-0.15, -0.1) is 20.4 Å². The number of anilines is 4. The zero-order valence-corrected chi connectivity index (χ0v) is 79.9. The number of nitrogens with zero attached hydrogens (tertiary/aromatic N) is 20. The second-order valence-corrected chi connectivity index (χ2v) is 35.7. The van der Waals surface area contributed by atoms with Crippen LogP contribution in [0.25, 0.3) is 44.7 Å². The maximum Gasteiger partial charge on any atom is 0.191 e. The minimum absolute atomic E-state index is 0.00198. The molecule has 40 nitrogen and oxygen atoms in total. The van der Waals surface area contributed by atoms with E-state index in [9.17, 15) is 73.7 Å². The predicted molar refractivity (Wildman–Crippen MR) is 530 cm³/mol. The van der Waals surface area contributed by atoms with Crippen LogP contribution >= 0.6 is 47.0 Å². The van der Waals surface area contributed by atoms with Crippen LogP contribution in [0.1, 0.15) is 260 Å². The first kappa shape index (κ1) is 62.1. The third kappa shape index (κ3) is 23.8. The minimum atomic E-state index is -3.49. The molecule has 8 saturated carbocycles. The molecule has 0 radical (unpaired) electrons. The fourth-order valence-electron chi connectivity index (χ4n) is 15.4. The van der Waals surface area contributed by atoms with Crippen LogP contribution in [0, 0.1) is 51.0 Å². The Morgan fingerprint density at radius 1 is 0.368 bits per heavy atom. The van der Waals surface area contributed by atoms with Gasteiger partial charge in [0, 0.05) is 126 Å². The Bertz CT molecular complexity index is 8910. The highest BCUT2D eigenvalue weighted by Gasteiger charge is 2.51. The Morgan fingerprint density at radius 2 is 0.639 bits per heavy atom. The van der Waals surface area contributed by atoms with E-state index in [4.69, 9.17) is 87.1 Å². The molecule has 8 heterocycles. The summed E-state index contributed by atoms with van der Waals surface area (Å²) in [5, 5.41) is 163. The smallest absolute Gasteiger partial charge is 0.191 e. The van der Waals surface area contributed by atoms with E-state index >= 15 is 0 Å². The number of hydrogen-bond donors (Lipinski definition) is 16. The Labute approximate surface area is 908 Å². The summed E-state index contributed by atoms with van der Waals surface area (Å²) in [7, 11) is 0. The third-order valence-corrected chi connectivity index (χ3v) is 25.9. The summed E-state index contributed by atoms with van der Waals surface area (Å²) in [6.07, 6.45) is -33.0. The van der Waals surface area contributed by atoms with Gasteiger partial charge in [0.1, 0.15) is 72.1 Å². The summed E-state index contributed by atoms with van der Waals surface area (Å²) in [6, 6.07) is -25.8. The van der Waals surface area contributed by atoms with Crippen LogP contribution in [0.4, 0.5) is 40.8 Å². The molecule has 8 fully saturated rings. The van der Waals surface area contributed by atoms with Gasteiger partial charge < -0.3 is 101 Å². The SMILES string of the molecule is [2H]c1c([2H])c([C@]2([2H])C([2H])([2H])[C@@]2([2H])Nc2nc(SC([2H])([2H])C([2H])([2H])C)nc3c2nnn3[C@@H]2C[C@H](OCCO)[C@@H](O)[C@H]2O)c([2H])c(F)c1C.[2H]c1c([2H])c([C@]2([2H])C([2H])([2H])[C@@]2([2H])Nc2nc(SC([2H])([2H])CC)nc3c2nnn3[C@@H]2C[C@H](OC([2H])([2H])C([2H])([2H])O)[C@@H](O)[C@H]2O)c([2H])c(F)c1C.[2H]c1c([2H])c([C@]2([2H])C([2H])([2H])[C@@]2([2H])Nc2nc(SC([2H])([2H])CC)nc3c2nnn3[C@@H]2C[C@H](OC([2H])([2H])CO)[C@@H](O)[C@H]2O)c([2H])c(F)c1C.[2H]c1c([2H])c([C@]2([2H])C([2H])([2H])[C@@]2([2H])Nc2nc(SC([2H])([2H])CC)nc3c2nnn3[C@@H]2C[C@H](OCC([2H])([2H])O)[C@@H](O)[C@H]2O)c([2H])c(F)c1C. The van der Waals surface area contributed by atoms with Crippen LogP contribution in [0.15, 0.2) is 93.1 Å². The second-order valence-electron chi connectivity index (χ2n) is 32.4. The molecule has 0 saturated heterocycles. The summed E-state index contributed by atoms with van der Waals surface area (Å²) in [6.45, 7) is -4.17. The summed E-state index contributed by atoms with van der Waals surface area (Å²) in [5.74, 6) is -18.2. The van der Waals surface area contributed by atoms with Crippen molar-refractivity contribution in [3.8, 4) is 0 Å². The van der Waals surface area contributed by atoms with E-state index in [2.05, 4.69) is 102 Å². The molecule has 48 heteroatoms. The van der Waals surface area contributed by atoms with Crippen LogP contribution in [0.2, 0.25) is 0 Å². The summed E-state index contributed by atoms with van der Waals surface area (Å²) >= 11 is 1.84. The molecule has 776 valence electrons. The zero-order valence-electron chi connectivity index (χ0n) is 123. The van der Waals surface area contributed by atoms with Crippen molar-refractivity contribution < 1.29 is 161 Å².